The number of hydrogen-bond donors (Lipinski definition) is 0. The number of benzene rings is 2. The fourth-order valence-corrected chi connectivity index (χ4v) is 4.07. The Kier molecular flexibility index (Phi) is 4.85. The van der Waals surface area contributed by atoms with Gasteiger partial charge in [0.05, 0.1) is 16.9 Å². The van der Waals surface area contributed by atoms with E-state index in [2.05, 4.69) is 6.92 Å². The molecule has 2 aromatic rings. The minimum Gasteiger partial charge on any atom is -0.311 e. The summed E-state index contributed by atoms with van der Waals surface area (Å²) < 4.78 is 0. The van der Waals surface area contributed by atoms with Crippen LogP contribution in [-0.2, 0) is 27.2 Å². The third-order valence-electron chi connectivity index (χ3n) is 5.70. The SMILES string of the molecule is CCc1ccc(N2C(=O)C=C(c3cccc4c3N(C(=O)C(C)(C)C)CC4)C2=O)cc1. The molecule has 2 heterocycles. The number of carbonyl (C=O) groups excluding carboxylic acids is 3. The lowest BCUT2D eigenvalue weighted by atomic mass is 9.93. The van der Waals surface area contributed by atoms with Gasteiger partial charge in [-0.15, -0.1) is 0 Å². The third kappa shape index (κ3) is 3.24. The lowest BCUT2D eigenvalue weighted by Crippen LogP contribution is -2.39. The van der Waals surface area contributed by atoms with Gasteiger partial charge in [-0.2, -0.15) is 0 Å². The maximum absolute atomic E-state index is 13.3. The lowest BCUT2D eigenvalue weighted by molar-refractivity contribution is -0.125. The van der Waals surface area contributed by atoms with Gasteiger partial charge >= 0.3 is 0 Å². The minimum atomic E-state index is -0.536. The molecule has 0 atom stereocenters. The van der Waals surface area contributed by atoms with Crippen LogP contribution in [-0.4, -0.2) is 24.3 Å². The summed E-state index contributed by atoms with van der Waals surface area (Å²) in [5.74, 6) is -0.700. The van der Waals surface area contributed by atoms with E-state index in [9.17, 15) is 14.4 Å². The van der Waals surface area contributed by atoms with Crippen molar-refractivity contribution in [2.24, 2.45) is 5.41 Å². The van der Waals surface area contributed by atoms with E-state index in [0.29, 0.717) is 23.4 Å². The summed E-state index contributed by atoms with van der Waals surface area (Å²) in [6.07, 6.45) is 3.02. The molecule has 0 aromatic heterocycles. The molecule has 154 valence electrons. The zero-order chi connectivity index (χ0) is 21.6. The van der Waals surface area contributed by atoms with E-state index >= 15 is 0 Å². The Bertz CT molecular complexity index is 1070. The second kappa shape index (κ2) is 7.24. The van der Waals surface area contributed by atoms with Crippen LogP contribution < -0.4 is 9.80 Å². The normalized spacial score (nSPS) is 16.2. The number of para-hydroxylation sites is 1. The Labute approximate surface area is 177 Å². The Morgan fingerprint density at radius 3 is 2.37 bits per heavy atom. The van der Waals surface area contributed by atoms with E-state index in [1.54, 1.807) is 17.0 Å². The number of rotatable bonds is 3. The second-order valence-electron chi connectivity index (χ2n) is 8.83. The average molecular weight is 402 g/mol. The van der Waals surface area contributed by atoms with Crippen LogP contribution in [0.1, 0.15) is 44.4 Å². The molecule has 0 radical (unpaired) electrons. The first-order valence-electron chi connectivity index (χ1n) is 10.4. The summed E-state index contributed by atoms with van der Waals surface area (Å²) >= 11 is 0. The van der Waals surface area contributed by atoms with E-state index in [4.69, 9.17) is 0 Å². The first-order valence-corrected chi connectivity index (χ1v) is 10.4. The average Bonchev–Trinajstić information content (AvgIpc) is 3.27. The van der Waals surface area contributed by atoms with Gasteiger partial charge < -0.3 is 4.90 Å². The van der Waals surface area contributed by atoms with Gasteiger partial charge in [0.1, 0.15) is 0 Å². The monoisotopic (exact) mass is 402 g/mol. The van der Waals surface area contributed by atoms with Gasteiger partial charge in [-0.1, -0.05) is 58.0 Å². The number of hydrogen-bond acceptors (Lipinski definition) is 3. The molecular formula is C25H26N2O3. The highest BCUT2D eigenvalue weighted by Crippen LogP contribution is 2.40. The van der Waals surface area contributed by atoms with Crippen LogP contribution in [0, 0.1) is 5.41 Å². The number of fused-ring (bicyclic) bond motifs is 1. The number of anilines is 2. The van der Waals surface area contributed by atoms with Crippen LogP contribution in [0.3, 0.4) is 0 Å². The van der Waals surface area contributed by atoms with Crippen LogP contribution >= 0.6 is 0 Å². The maximum atomic E-state index is 13.3. The molecule has 0 saturated carbocycles. The molecule has 4 rings (SSSR count). The molecule has 2 aromatic carbocycles. The first kappa shape index (κ1) is 20.1. The smallest absolute Gasteiger partial charge is 0.266 e. The van der Waals surface area contributed by atoms with Crippen molar-refractivity contribution >= 4 is 34.7 Å². The zero-order valence-corrected chi connectivity index (χ0v) is 17.9. The predicted molar refractivity (Wildman–Crippen MR) is 118 cm³/mol. The molecule has 0 spiro atoms. The highest BCUT2D eigenvalue weighted by Gasteiger charge is 2.38. The van der Waals surface area contributed by atoms with Gasteiger partial charge in [0.25, 0.3) is 11.8 Å². The van der Waals surface area contributed by atoms with Crippen molar-refractivity contribution in [3.8, 4) is 0 Å². The van der Waals surface area contributed by atoms with Crippen molar-refractivity contribution in [2.75, 3.05) is 16.3 Å². The number of imide groups is 1. The molecule has 3 amide bonds. The molecule has 0 saturated heterocycles. The van der Waals surface area contributed by atoms with Gasteiger partial charge in [0.2, 0.25) is 5.91 Å². The number of aryl methyl sites for hydroxylation is 1. The lowest BCUT2D eigenvalue weighted by Gasteiger charge is -2.28. The Morgan fingerprint density at radius 1 is 1.03 bits per heavy atom. The van der Waals surface area contributed by atoms with E-state index in [-0.39, 0.29) is 17.7 Å². The van der Waals surface area contributed by atoms with Crippen LogP contribution in [0.25, 0.3) is 5.57 Å². The van der Waals surface area contributed by atoms with E-state index in [1.165, 1.54) is 11.0 Å². The fourth-order valence-electron chi connectivity index (χ4n) is 4.07. The van der Waals surface area contributed by atoms with Gasteiger partial charge in [0, 0.05) is 23.6 Å². The quantitative estimate of drug-likeness (QED) is 0.725. The van der Waals surface area contributed by atoms with Crippen LogP contribution in [0.5, 0.6) is 0 Å². The number of amides is 3. The highest BCUT2D eigenvalue weighted by molar-refractivity contribution is 6.44. The van der Waals surface area contributed by atoms with Crippen molar-refractivity contribution in [3.05, 3.63) is 65.2 Å². The molecule has 0 fully saturated rings. The van der Waals surface area contributed by atoms with Gasteiger partial charge in [0.15, 0.2) is 0 Å². The Morgan fingerprint density at radius 2 is 1.73 bits per heavy atom. The maximum Gasteiger partial charge on any atom is 0.266 e. The van der Waals surface area contributed by atoms with Crippen molar-refractivity contribution in [1.82, 2.24) is 0 Å². The predicted octanol–water partition coefficient (Wildman–Crippen LogP) is 4.14. The van der Waals surface area contributed by atoms with Crippen molar-refractivity contribution in [3.63, 3.8) is 0 Å². The molecule has 5 heteroatoms. The first-order chi connectivity index (χ1) is 14.2. The molecule has 0 aliphatic carbocycles. The summed E-state index contributed by atoms with van der Waals surface area (Å²) in [6.45, 7) is 8.31. The molecule has 0 N–H and O–H groups in total. The van der Waals surface area contributed by atoms with Crippen molar-refractivity contribution in [1.29, 1.82) is 0 Å². The van der Waals surface area contributed by atoms with E-state index in [1.807, 2.05) is 51.1 Å². The summed E-state index contributed by atoms with van der Waals surface area (Å²) in [6, 6.07) is 13.2. The summed E-state index contributed by atoms with van der Waals surface area (Å²) in [7, 11) is 0. The second-order valence-corrected chi connectivity index (χ2v) is 8.83. The molecule has 2 aliphatic rings. The summed E-state index contributed by atoms with van der Waals surface area (Å²) in [5.41, 5.74) is 3.93. The minimum absolute atomic E-state index is 0.0121. The van der Waals surface area contributed by atoms with Gasteiger partial charge in [-0.05, 0) is 36.1 Å². The molecule has 0 bridgehead atoms. The highest BCUT2D eigenvalue weighted by atomic mass is 16.2. The summed E-state index contributed by atoms with van der Waals surface area (Å²) in [4.78, 5) is 42.0. The van der Waals surface area contributed by atoms with E-state index in [0.717, 1.165) is 29.7 Å². The van der Waals surface area contributed by atoms with Crippen LogP contribution in [0.15, 0.2) is 48.5 Å². The molecule has 2 aliphatic heterocycles. The van der Waals surface area contributed by atoms with Gasteiger partial charge in [-0.3, -0.25) is 14.4 Å². The fraction of sp³-hybridized carbons (Fsp3) is 0.320. The molecule has 0 unspecified atom stereocenters. The topological polar surface area (TPSA) is 57.7 Å². The Balaban J connectivity index is 1.73. The third-order valence-corrected chi connectivity index (χ3v) is 5.70. The number of carbonyl (C=O) groups is 3. The zero-order valence-electron chi connectivity index (χ0n) is 17.9. The summed E-state index contributed by atoms with van der Waals surface area (Å²) in [5, 5.41) is 0. The number of nitrogens with zero attached hydrogens (tertiary/aromatic N) is 2. The molecule has 30 heavy (non-hydrogen) atoms. The van der Waals surface area contributed by atoms with Crippen molar-refractivity contribution < 1.29 is 14.4 Å². The molecule has 5 nitrogen and oxygen atoms in total. The van der Waals surface area contributed by atoms with Crippen LogP contribution in [0.4, 0.5) is 11.4 Å². The van der Waals surface area contributed by atoms with Crippen LogP contribution in [0.2, 0.25) is 0 Å². The Hall–Kier alpha value is -3.21. The van der Waals surface area contributed by atoms with Gasteiger partial charge in [-0.25, -0.2) is 4.90 Å². The largest absolute Gasteiger partial charge is 0.311 e. The van der Waals surface area contributed by atoms with Crippen molar-refractivity contribution in [2.45, 2.75) is 40.5 Å². The molecular weight excluding hydrogens is 376 g/mol. The standard InChI is InChI=1S/C25H26N2O3/c1-5-16-9-11-18(12-10-16)27-21(28)15-20(23(27)29)19-8-6-7-17-13-14-26(22(17)19)24(30)25(2,3)4/h6-12,15H,5,13-14H2,1-4H3. The van der Waals surface area contributed by atoms with E-state index < -0.39 is 5.41 Å².